The summed E-state index contributed by atoms with van der Waals surface area (Å²) in [6.07, 6.45) is 5.34. The molecule has 2 aliphatic rings. The van der Waals surface area contributed by atoms with Crippen LogP contribution >= 0.6 is 11.6 Å². The lowest BCUT2D eigenvalue weighted by Crippen LogP contribution is -2.55. The van der Waals surface area contributed by atoms with Gasteiger partial charge in [-0.1, -0.05) is 24.4 Å². The van der Waals surface area contributed by atoms with Crippen molar-refractivity contribution in [2.75, 3.05) is 19.8 Å². The number of carbonyl (C=O) groups excluding carboxylic acids is 1. The van der Waals surface area contributed by atoms with Crippen LogP contribution < -0.4 is 0 Å². The van der Waals surface area contributed by atoms with Gasteiger partial charge in [0.2, 0.25) is 0 Å². The highest BCUT2D eigenvalue weighted by Crippen LogP contribution is 2.31. The van der Waals surface area contributed by atoms with E-state index in [9.17, 15) is 9.90 Å². The predicted octanol–water partition coefficient (Wildman–Crippen LogP) is 2.07. The smallest absolute Gasteiger partial charge is 0.270 e. The van der Waals surface area contributed by atoms with Crippen molar-refractivity contribution in [2.24, 2.45) is 13.0 Å². The van der Waals surface area contributed by atoms with Gasteiger partial charge in [0.15, 0.2) is 0 Å². The zero-order chi connectivity index (χ0) is 15.7. The molecule has 5 nitrogen and oxygen atoms in total. The normalized spacial score (nSPS) is 29.6. The van der Waals surface area contributed by atoms with E-state index in [4.69, 9.17) is 16.3 Å². The molecule has 1 aromatic rings. The second-order valence-corrected chi connectivity index (χ2v) is 6.75. The third-order valence-corrected chi connectivity index (χ3v) is 5.10. The Bertz CT molecular complexity index is 545. The molecule has 2 fully saturated rings. The van der Waals surface area contributed by atoms with Gasteiger partial charge < -0.3 is 19.3 Å². The number of ether oxygens (including phenoxy) is 1. The van der Waals surface area contributed by atoms with Crippen molar-refractivity contribution in [3.05, 3.63) is 23.0 Å². The Morgan fingerprint density at radius 1 is 1.41 bits per heavy atom. The van der Waals surface area contributed by atoms with E-state index in [-0.39, 0.29) is 24.0 Å². The Morgan fingerprint density at radius 3 is 2.86 bits per heavy atom. The summed E-state index contributed by atoms with van der Waals surface area (Å²) < 4.78 is 7.36. The molecule has 1 N–H and O–H groups in total. The Kier molecular flexibility index (Phi) is 4.76. The number of hydrogen-bond acceptors (Lipinski definition) is 3. The van der Waals surface area contributed by atoms with Gasteiger partial charge in [0.1, 0.15) is 5.69 Å². The number of nitrogens with zero attached hydrogens (tertiary/aromatic N) is 2. The number of hydrogen-bond donors (Lipinski definition) is 1. The molecule has 1 aliphatic heterocycles. The van der Waals surface area contributed by atoms with E-state index in [1.807, 2.05) is 11.9 Å². The van der Waals surface area contributed by atoms with E-state index >= 15 is 0 Å². The van der Waals surface area contributed by atoms with Crippen LogP contribution in [-0.4, -0.2) is 52.4 Å². The van der Waals surface area contributed by atoms with Crippen molar-refractivity contribution in [1.29, 1.82) is 0 Å². The van der Waals surface area contributed by atoms with Crippen LogP contribution in [0.5, 0.6) is 0 Å². The highest BCUT2D eigenvalue weighted by molar-refractivity contribution is 6.31. The van der Waals surface area contributed by atoms with Crippen LogP contribution in [0, 0.1) is 5.92 Å². The first-order valence-electron chi connectivity index (χ1n) is 7.96. The van der Waals surface area contributed by atoms with Crippen LogP contribution in [0.3, 0.4) is 0 Å². The molecular formula is C16H23ClN2O3. The van der Waals surface area contributed by atoms with E-state index in [2.05, 4.69) is 0 Å². The molecule has 0 bridgehead atoms. The molecule has 0 radical (unpaired) electrons. The minimum Gasteiger partial charge on any atom is -0.393 e. The monoisotopic (exact) mass is 326 g/mol. The zero-order valence-corrected chi connectivity index (χ0v) is 13.6. The first kappa shape index (κ1) is 15.8. The van der Waals surface area contributed by atoms with Gasteiger partial charge in [0.25, 0.3) is 5.91 Å². The third-order valence-electron chi connectivity index (χ3n) is 4.89. The quantitative estimate of drug-likeness (QED) is 0.905. The van der Waals surface area contributed by atoms with Gasteiger partial charge in [-0.2, -0.15) is 0 Å². The lowest BCUT2D eigenvalue weighted by atomic mass is 9.80. The van der Waals surface area contributed by atoms with Crippen LogP contribution in [-0.2, 0) is 11.8 Å². The summed E-state index contributed by atoms with van der Waals surface area (Å²) in [6.45, 7) is 1.62. The number of aromatic nitrogens is 1. The maximum absolute atomic E-state index is 12.9. The van der Waals surface area contributed by atoms with E-state index in [0.717, 1.165) is 25.7 Å². The van der Waals surface area contributed by atoms with E-state index in [1.54, 1.807) is 16.8 Å². The molecule has 0 spiro atoms. The Labute approximate surface area is 135 Å². The molecule has 0 unspecified atom stereocenters. The fraction of sp³-hybridized carbons (Fsp3) is 0.688. The molecule has 1 aromatic heterocycles. The SMILES string of the molecule is Cn1cc(Cl)cc1C(=O)N1CCOC[C@@H]1[C@@H]1CCCC[C@@H]1O. The van der Waals surface area contributed by atoms with Crippen LogP contribution in [0.2, 0.25) is 5.02 Å². The maximum Gasteiger partial charge on any atom is 0.270 e. The van der Waals surface area contributed by atoms with Gasteiger partial charge in [0.05, 0.1) is 30.4 Å². The standard InChI is InChI=1S/C16H23ClN2O3/c1-18-9-11(17)8-13(18)16(21)19-6-7-22-10-14(19)12-4-2-3-5-15(12)20/h8-9,12,14-15,20H,2-7,10H2,1H3/t12-,14+,15-/m0/s1. The Morgan fingerprint density at radius 2 is 2.18 bits per heavy atom. The second kappa shape index (κ2) is 6.60. The lowest BCUT2D eigenvalue weighted by molar-refractivity contribution is -0.0565. The number of aliphatic hydroxyl groups is 1. The number of amides is 1. The van der Waals surface area contributed by atoms with Crippen molar-refractivity contribution < 1.29 is 14.6 Å². The molecule has 3 rings (SSSR count). The molecular weight excluding hydrogens is 304 g/mol. The summed E-state index contributed by atoms with van der Waals surface area (Å²) >= 11 is 6.00. The molecule has 122 valence electrons. The fourth-order valence-electron chi connectivity index (χ4n) is 3.70. The first-order chi connectivity index (χ1) is 10.6. The fourth-order valence-corrected chi connectivity index (χ4v) is 3.95. The van der Waals surface area contributed by atoms with Crippen LogP contribution in [0.4, 0.5) is 0 Å². The number of rotatable bonds is 2. The van der Waals surface area contributed by atoms with Crippen molar-refractivity contribution in [3.63, 3.8) is 0 Å². The average Bonchev–Trinajstić information content (AvgIpc) is 2.86. The summed E-state index contributed by atoms with van der Waals surface area (Å²) in [5, 5.41) is 10.9. The van der Waals surface area contributed by atoms with Crippen LogP contribution in [0.1, 0.15) is 36.2 Å². The minimum atomic E-state index is -0.340. The maximum atomic E-state index is 12.9. The van der Waals surface area contributed by atoms with Gasteiger partial charge in [0, 0.05) is 25.7 Å². The molecule has 1 amide bonds. The van der Waals surface area contributed by atoms with Crippen molar-refractivity contribution in [1.82, 2.24) is 9.47 Å². The molecule has 3 atom stereocenters. The van der Waals surface area contributed by atoms with E-state index in [0.29, 0.717) is 30.5 Å². The van der Waals surface area contributed by atoms with Crippen LogP contribution in [0.25, 0.3) is 0 Å². The number of aryl methyl sites for hydroxylation is 1. The first-order valence-corrected chi connectivity index (χ1v) is 8.34. The number of carbonyl (C=O) groups is 1. The van der Waals surface area contributed by atoms with Gasteiger partial charge in [-0.15, -0.1) is 0 Å². The van der Waals surface area contributed by atoms with E-state index in [1.165, 1.54) is 0 Å². The van der Waals surface area contributed by atoms with Crippen molar-refractivity contribution >= 4 is 17.5 Å². The Balaban J connectivity index is 1.83. The number of halogens is 1. The largest absolute Gasteiger partial charge is 0.393 e. The predicted molar refractivity (Wildman–Crippen MR) is 84.0 cm³/mol. The number of aliphatic hydroxyl groups excluding tert-OH is 1. The molecule has 1 saturated heterocycles. The van der Waals surface area contributed by atoms with Gasteiger partial charge in [-0.3, -0.25) is 4.79 Å². The highest BCUT2D eigenvalue weighted by Gasteiger charge is 2.39. The summed E-state index contributed by atoms with van der Waals surface area (Å²) in [5.74, 6) is 0.0780. The lowest BCUT2D eigenvalue weighted by Gasteiger charge is -2.43. The van der Waals surface area contributed by atoms with Gasteiger partial charge in [-0.25, -0.2) is 0 Å². The average molecular weight is 327 g/mol. The molecule has 0 aromatic carbocycles. The zero-order valence-electron chi connectivity index (χ0n) is 12.9. The van der Waals surface area contributed by atoms with Crippen molar-refractivity contribution in [3.8, 4) is 0 Å². The molecule has 1 aliphatic carbocycles. The molecule has 1 saturated carbocycles. The number of morpholine rings is 1. The minimum absolute atomic E-state index is 0.0273. The topological polar surface area (TPSA) is 54.7 Å². The highest BCUT2D eigenvalue weighted by atomic mass is 35.5. The molecule has 22 heavy (non-hydrogen) atoms. The van der Waals surface area contributed by atoms with E-state index < -0.39 is 0 Å². The van der Waals surface area contributed by atoms with Crippen LogP contribution in [0.15, 0.2) is 12.3 Å². The summed E-state index contributed by atoms with van der Waals surface area (Å²) in [7, 11) is 1.82. The van der Waals surface area contributed by atoms with Gasteiger partial charge in [-0.05, 0) is 18.9 Å². The van der Waals surface area contributed by atoms with Gasteiger partial charge >= 0.3 is 0 Å². The summed E-state index contributed by atoms with van der Waals surface area (Å²) in [6, 6.07) is 1.65. The summed E-state index contributed by atoms with van der Waals surface area (Å²) in [5.41, 5.74) is 0.585. The summed E-state index contributed by atoms with van der Waals surface area (Å²) in [4.78, 5) is 14.8. The second-order valence-electron chi connectivity index (χ2n) is 6.31. The molecule has 6 heteroatoms. The Hall–Kier alpha value is -1.04. The van der Waals surface area contributed by atoms with Crippen molar-refractivity contribution in [2.45, 2.75) is 37.8 Å². The molecule has 2 heterocycles. The third kappa shape index (κ3) is 3.03.